The molecule has 1 aliphatic carbocycles. The van der Waals surface area contributed by atoms with Gasteiger partial charge in [-0.05, 0) is 79.6 Å². The average Bonchev–Trinajstić information content (AvgIpc) is 3.14. The molecule has 38 heavy (non-hydrogen) atoms. The Labute approximate surface area is 228 Å². The second-order valence-electron chi connectivity index (χ2n) is 12.1. The third-order valence-corrected chi connectivity index (χ3v) is 8.17. The third kappa shape index (κ3) is 3.93. The zero-order chi connectivity index (χ0) is 27.5. The first-order chi connectivity index (χ1) is 18.0. The first-order valence-corrected chi connectivity index (χ1v) is 14.1. The van der Waals surface area contributed by atoms with Crippen LogP contribution in [0.15, 0.2) is 60.7 Å². The molecule has 0 saturated heterocycles. The zero-order valence-electron chi connectivity index (χ0n) is 24.1. The van der Waals surface area contributed by atoms with Crippen LogP contribution in [-0.4, -0.2) is 11.4 Å². The van der Waals surface area contributed by atoms with Crippen LogP contribution in [0, 0.1) is 10.8 Å². The smallest absolute Gasteiger partial charge is 0.0880 e. The van der Waals surface area contributed by atoms with E-state index < -0.39 is 0 Å². The van der Waals surface area contributed by atoms with Gasteiger partial charge in [0.1, 0.15) is 0 Å². The lowest BCUT2D eigenvalue weighted by Crippen LogP contribution is -2.10. The van der Waals surface area contributed by atoms with E-state index in [0.717, 1.165) is 27.5 Å². The fourth-order valence-electron chi connectivity index (χ4n) is 6.58. The molecule has 1 aliphatic rings. The Morgan fingerprint density at radius 2 is 0.974 bits per heavy atom. The van der Waals surface area contributed by atoms with Crippen molar-refractivity contribution < 1.29 is 0 Å². The van der Waals surface area contributed by atoms with E-state index in [1.165, 1.54) is 38.9 Å². The zero-order valence-corrected chi connectivity index (χ0v) is 24.1. The molecule has 2 nitrogen and oxygen atoms in total. The van der Waals surface area contributed by atoms with Gasteiger partial charge < -0.3 is 0 Å². The SMILES string of the molecule is CC(C)c1cccc(-c2cc3cccc4c3c(c2-c2cccc(C(C)C)c2C(C)C)C(=N)C4=N)c1C(C)C. The molecule has 0 fully saturated rings. The van der Waals surface area contributed by atoms with Crippen molar-refractivity contribution in [1.82, 2.24) is 0 Å². The third-order valence-electron chi connectivity index (χ3n) is 8.17. The van der Waals surface area contributed by atoms with Crippen LogP contribution in [0.3, 0.4) is 0 Å². The van der Waals surface area contributed by atoms with Crippen LogP contribution in [-0.2, 0) is 0 Å². The predicted octanol–water partition coefficient (Wildman–Crippen LogP) is 10.4. The summed E-state index contributed by atoms with van der Waals surface area (Å²) in [5.74, 6) is 1.50. The van der Waals surface area contributed by atoms with Crippen molar-refractivity contribution in [2.45, 2.75) is 79.1 Å². The number of hydrogen-bond donors (Lipinski definition) is 2. The molecule has 4 aromatic carbocycles. The lowest BCUT2D eigenvalue weighted by molar-refractivity contribution is 0.791. The van der Waals surface area contributed by atoms with Crippen LogP contribution in [0.4, 0.5) is 0 Å². The fourth-order valence-corrected chi connectivity index (χ4v) is 6.58. The summed E-state index contributed by atoms with van der Waals surface area (Å²) in [6, 6.07) is 22.0. The van der Waals surface area contributed by atoms with Crippen molar-refractivity contribution >= 4 is 22.2 Å². The van der Waals surface area contributed by atoms with Crippen LogP contribution in [0.2, 0.25) is 0 Å². The molecule has 0 radical (unpaired) electrons. The van der Waals surface area contributed by atoms with Gasteiger partial charge in [0.2, 0.25) is 0 Å². The predicted molar refractivity (Wildman–Crippen MR) is 165 cm³/mol. The van der Waals surface area contributed by atoms with E-state index in [1.807, 2.05) is 12.1 Å². The largest absolute Gasteiger partial charge is 0.298 e. The van der Waals surface area contributed by atoms with Crippen LogP contribution < -0.4 is 0 Å². The number of nitrogens with one attached hydrogen (secondary N) is 2. The molecule has 0 atom stereocenters. The first-order valence-electron chi connectivity index (χ1n) is 14.1. The van der Waals surface area contributed by atoms with Crippen molar-refractivity contribution in [1.29, 1.82) is 10.8 Å². The quantitative estimate of drug-likeness (QED) is 0.264. The molecule has 5 rings (SSSR count). The standard InChI is InChI=1S/C36H40N2/c1-19(2)24-13-10-15-26(30(24)21(5)6)29-18-23-12-9-17-28-32(23)34(36(38)35(28)37)33(29)27-16-11-14-25(20(3)4)31(27)22(7)8/h9-22,37-38H,1-8H3. The van der Waals surface area contributed by atoms with Gasteiger partial charge in [-0.2, -0.15) is 0 Å². The Balaban J connectivity index is 2.03. The van der Waals surface area contributed by atoms with E-state index in [2.05, 4.69) is 104 Å². The molecule has 0 amide bonds. The molecule has 2 heteroatoms. The van der Waals surface area contributed by atoms with E-state index in [-0.39, 0.29) is 0 Å². The van der Waals surface area contributed by atoms with Crippen molar-refractivity contribution in [3.63, 3.8) is 0 Å². The first kappa shape index (κ1) is 26.1. The highest BCUT2D eigenvalue weighted by Gasteiger charge is 2.32. The van der Waals surface area contributed by atoms with Gasteiger partial charge in [0.05, 0.1) is 11.4 Å². The summed E-state index contributed by atoms with van der Waals surface area (Å²) >= 11 is 0. The molecule has 4 aromatic rings. The number of rotatable bonds is 6. The van der Waals surface area contributed by atoms with Gasteiger partial charge in [-0.3, -0.25) is 10.8 Å². The fraction of sp³-hybridized carbons (Fsp3) is 0.333. The van der Waals surface area contributed by atoms with Crippen LogP contribution in [0.25, 0.3) is 33.0 Å². The normalized spacial score (nSPS) is 13.3. The summed E-state index contributed by atoms with van der Waals surface area (Å²) in [6.07, 6.45) is 0. The lowest BCUT2D eigenvalue weighted by atomic mass is 9.77. The highest BCUT2D eigenvalue weighted by atomic mass is 14.6. The average molecular weight is 501 g/mol. The topological polar surface area (TPSA) is 47.7 Å². The van der Waals surface area contributed by atoms with Crippen molar-refractivity contribution in [2.24, 2.45) is 0 Å². The van der Waals surface area contributed by atoms with Gasteiger partial charge >= 0.3 is 0 Å². The molecule has 0 bridgehead atoms. The monoisotopic (exact) mass is 500 g/mol. The summed E-state index contributed by atoms with van der Waals surface area (Å²) in [5, 5.41) is 20.3. The number of benzene rings is 4. The van der Waals surface area contributed by atoms with E-state index in [9.17, 15) is 5.41 Å². The second-order valence-corrected chi connectivity index (χ2v) is 12.1. The number of hydrogen-bond acceptors (Lipinski definition) is 2. The van der Waals surface area contributed by atoms with Gasteiger partial charge in [0, 0.05) is 16.5 Å². The van der Waals surface area contributed by atoms with E-state index in [0.29, 0.717) is 35.1 Å². The minimum absolute atomic E-state index is 0.329. The van der Waals surface area contributed by atoms with Gasteiger partial charge in [-0.1, -0.05) is 110 Å². The molecule has 2 N–H and O–H groups in total. The Morgan fingerprint density at radius 1 is 0.474 bits per heavy atom. The highest BCUT2D eigenvalue weighted by molar-refractivity contribution is 6.60. The lowest BCUT2D eigenvalue weighted by Gasteiger charge is -2.26. The van der Waals surface area contributed by atoms with E-state index in [1.54, 1.807) is 0 Å². The Morgan fingerprint density at radius 3 is 1.53 bits per heavy atom. The second kappa shape index (κ2) is 9.66. The molecule has 0 aliphatic heterocycles. The van der Waals surface area contributed by atoms with Crippen molar-refractivity contribution in [3.05, 3.63) is 94.0 Å². The molecule has 0 spiro atoms. The van der Waals surface area contributed by atoms with Gasteiger partial charge in [0.25, 0.3) is 0 Å². The summed E-state index contributed by atoms with van der Waals surface area (Å²) in [5.41, 5.74) is 12.7. The van der Waals surface area contributed by atoms with Crippen LogP contribution >= 0.6 is 0 Å². The molecule has 0 heterocycles. The summed E-state index contributed by atoms with van der Waals surface area (Å²) in [4.78, 5) is 0. The summed E-state index contributed by atoms with van der Waals surface area (Å²) < 4.78 is 0. The van der Waals surface area contributed by atoms with Crippen molar-refractivity contribution in [2.75, 3.05) is 0 Å². The van der Waals surface area contributed by atoms with Crippen LogP contribution in [0.1, 0.15) is 112 Å². The maximum Gasteiger partial charge on any atom is 0.0880 e. The van der Waals surface area contributed by atoms with Gasteiger partial charge in [-0.15, -0.1) is 0 Å². The van der Waals surface area contributed by atoms with Crippen LogP contribution in [0.5, 0.6) is 0 Å². The summed E-state index contributed by atoms with van der Waals surface area (Å²) in [6.45, 7) is 18.2. The molecular weight excluding hydrogens is 460 g/mol. The maximum atomic E-state index is 9.22. The molecule has 0 aromatic heterocycles. The Hall–Kier alpha value is -3.52. The van der Waals surface area contributed by atoms with E-state index in [4.69, 9.17) is 5.41 Å². The Kier molecular flexibility index (Phi) is 6.63. The van der Waals surface area contributed by atoms with Crippen molar-refractivity contribution in [3.8, 4) is 22.3 Å². The summed E-state index contributed by atoms with van der Waals surface area (Å²) in [7, 11) is 0. The Bertz CT molecular complexity index is 1600. The minimum atomic E-state index is 0.329. The van der Waals surface area contributed by atoms with Gasteiger partial charge in [0.15, 0.2) is 0 Å². The van der Waals surface area contributed by atoms with Gasteiger partial charge in [-0.25, -0.2) is 0 Å². The highest BCUT2D eigenvalue weighted by Crippen LogP contribution is 2.49. The molecular formula is C36H40N2. The van der Waals surface area contributed by atoms with E-state index >= 15 is 0 Å². The molecule has 0 saturated carbocycles. The molecule has 0 unspecified atom stereocenters. The maximum absolute atomic E-state index is 9.22. The minimum Gasteiger partial charge on any atom is -0.298 e. The molecule has 194 valence electrons.